The lowest BCUT2D eigenvalue weighted by Gasteiger charge is -2.27. The van der Waals surface area contributed by atoms with E-state index in [0.29, 0.717) is 12.1 Å². The molecule has 1 aliphatic heterocycles. The van der Waals surface area contributed by atoms with Gasteiger partial charge in [0.25, 0.3) is 0 Å². The van der Waals surface area contributed by atoms with Crippen molar-refractivity contribution >= 4 is 17.4 Å². The third-order valence-corrected chi connectivity index (χ3v) is 3.34. The molecule has 1 saturated heterocycles. The molecule has 110 valence electrons. The molecule has 0 bridgehead atoms. The molecule has 0 radical (unpaired) electrons. The van der Waals surface area contributed by atoms with E-state index in [1.165, 1.54) is 0 Å². The van der Waals surface area contributed by atoms with Gasteiger partial charge in [-0.3, -0.25) is 4.79 Å². The van der Waals surface area contributed by atoms with Gasteiger partial charge in [-0.25, -0.2) is 4.98 Å². The van der Waals surface area contributed by atoms with Gasteiger partial charge in [-0.05, 0) is 18.6 Å². The quantitative estimate of drug-likeness (QED) is 0.839. The molecule has 1 aromatic rings. The molecule has 6 nitrogen and oxygen atoms in total. The molecule has 0 spiro atoms. The van der Waals surface area contributed by atoms with Gasteiger partial charge in [0.2, 0.25) is 5.91 Å². The van der Waals surface area contributed by atoms with Crippen molar-refractivity contribution in [3.8, 4) is 0 Å². The number of nitrogens with zero attached hydrogens (tertiary/aromatic N) is 2. The van der Waals surface area contributed by atoms with E-state index in [0.717, 1.165) is 38.5 Å². The van der Waals surface area contributed by atoms with Crippen molar-refractivity contribution in [3.63, 3.8) is 0 Å². The second-order valence-corrected chi connectivity index (χ2v) is 4.93. The average molecular weight is 278 g/mol. The Kier molecular flexibility index (Phi) is 5.31. The lowest BCUT2D eigenvalue weighted by molar-refractivity contribution is -0.116. The van der Waals surface area contributed by atoms with Gasteiger partial charge in [-0.1, -0.05) is 6.92 Å². The zero-order valence-electron chi connectivity index (χ0n) is 11.8. The highest BCUT2D eigenvalue weighted by molar-refractivity contribution is 5.91. The first kappa shape index (κ1) is 14.7. The first-order valence-electron chi connectivity index (χ1n) is 7.03. The first-order chi connectivity index (χ1) is 9.69. The Bertz CT molecular complexity index is 429. The van der Waals surface area contributed by atoms with Crippen molar-refractivity contribution in [1.29, 1.82) is 0 Å². The lowest BCUT2D eigenvalue weighted by atomic mass is 10.1. The van der Waals surface area contributed by atoms with E-state index >= 15 is 0 Å². The highest BCUT2D eigenvalue weighted by atomic mass is 16.5. The van der Waals surface area contributed by atoms with Crippen LogP contribution in [0, 0.1) is 0 Å². The number of aromatic nitrogens is 1. The number of amides is 1. The van der Waals surface area contributed by atoms with Crippen molar-refractivity contribution in [3.05, 3.63) is 18.3 Å². The average Bonchev–Trinajstić information content (AvgIpc) is 2.48. The summed E-state index contributed by atoms with van der Waals surface area (Å²) < 4.78 is 5.31. The summed E-state index contributed by atoms with van der Waals surface area (Å²) in [6.07, 6.45) is 2.81. The van der Waals surface area contributed by atoms with Crippen molar-refractivity contribution in [2.75, 3.05) is 36.5 Å². The topological polar surface area (TPSA) is 80.5 Å². The summed E-state index contributed by atoms with van der Waals surface area (Å²) in [5, 5.41) is 2.81. The maximum atomic E-state index is 11.7. The summed E-state index contributed by atoms with van der Waals surface area (Å²) in [5.41, 5.74) is 6.46. The predicted molar refractivity (Wildman–Crippen MR) is 78.8 cm³/mol. The molecule has 1 unspecified atom stereocenters. The number of carbonyl (C=O) groups is 1. The molecule has 3 N–H and O–H groups in total. The fraction of sp³-hybridized carbons (Fsp3) is 0.571. The molecule has 1 aliphatic rings. The van der Waals surface area contributed by atoms with Gasteiger partial charge in [0.1, 0.15) is 5.82 Å². The van der Waals surface area contributed by atoms with Crippen LogP contribution >= 0.6 is 0 Å². The molecule has 2 heterocycles. The zero-order valence-corrected chi connectivity index (χ0v) is 11.8. The van der Waals surface area contributed by atoms with Crippen LogP contribution in [-0.4, -0.2) is 43.2 Å². The lowest BCUT2D eigenvalue weighted by Crippen LogP contribution is -2.36. The van der Waals surface area contributed by atoms with E-state index in [4.69, 9.17) is 10.5 Å². The summed E-state index contributed by atoms with van der Waals surface area (Å²) in [7, 11) is 0. The van der Waals surface area contributed by atoms with E-state index < -0.39 is 0 Å². The monoisotopic (exact) mass is 278 g/mol. The number of morpholine rings is 1. The zero-order chi connectivity index (χ0) is 14.4. The fourth-order valence-corrected chi connectivity index (χ4v) is 2.03. The predicted octanol–water partition coefficient (Wildman–Crippen LogP) is 0.984. The normalized spacial score (nSPS) is 16.8. The smallest absolute Gasteiger partial charge is 0.225 e. The van der Waals surface area contributed by atoms with E-state index in [2.05, 4.69) is 15.2 Å². The molecule has 1 aromatic heterocycles. The van der Waals surface area contributed by atoms with Crippen LogP contribution in [-0.2, 0) is 9.53 Å². The Morgan fingerprint density at radius 1 is 1.50 bits per heavy atom. The number of carbonyl (C=O) groups excluding carboxylic acids is 1. The van der Waals surface area contributed by atoms with Gasteiger partial charge < -0.3 is 20.7 Å². The Hall–Kier alpha value is -1.66. The molecule has 1 atom stereocenters. The number of nitrogens with two attached hydrogens (primary N) is 1. The number of anilines is 2. The maximum Gasteiger partial charge on any atom is 0.225 e. The minimum atomic E-state index is -0.0874. The van der Waals surface area contributed by atoms with Crippen LogP contribution in [0.1, 0.15) is 19.8 Å². The summed E-state index contributed by atoms with van der Waals surface area (Å²) in [6.45, 7) is 5.13. The maximum absolute atomic E-state index is 11.7. The van der Waals surface area contributed by atoms with Crippen LogP contribution in [0.4, 0.5) is 11.5 Å². The minimum Gasteiger partial charge on any atom is -0.378 e. The fourth-order valence-electron chi connectivity index (χ4n) is 2.03. The Morgan fingerprint density at radius 2 is 2.25 bits per heavy atom. The minimum absolute atomic E-state index is 0.0692. The SMILES string of the molecule is CCC(N)CC(=O)Nc1ccc(N2CCOCC2)nc1. The molecule has 1 fully saturated rings. The molecule has 2 rings (SSSR count). The number of hydrogen-bond acceptors (Lipinski definition) is 5. The molecule has 0 aromatic carbocycles. The van der Waals surface area contributed by atoms with Crippen molar-refractivity contribution in [1.82, 2.24) is 4.98 Å². The summed E-state index contributed by atoms with van der Waals surface area (Å²) in [4.78, 5) is 18.3. The van der Waals surface area contributed by atoms with Crippen LogP contribution in [0.3, 0.4) is 0 Å². The van der Waals surface area contributed by atoms with E-state index in [-0.39, 0.29) is 11.9 Å². The molecule has 0 saturated carbocycles. The van der Waals surface area contributed by atoms with Gasteiger partial charge in [0.15, 0.2) is 0 Å². The summed E-state index contributed by atoms with van der Waals surface area (Å²) in [6, 6.07) is 3.70. The van der Waals surface area contributed by atoms with Gasteiger partial charge in [0.05, 0.1) is 25.1 Å². The van der Waals surface area contributed by atoms with E-state index in [9.17, 15) is 4.79 Å². The van der Waals surface area contributed by atoms with Crippen LogP contribution in [0.15, 0.2) is 18.3 Å². The summed E-state index contributed by atoms with van der Waals surface area (Å²) in [5.74, 6) is 0.844. The molecular weight excluding hydrogens is 256 g/mol. The van der Waals surface area contributed by atoms with Crippen molar-refractivity contribution in [2.24, 2.45) is 5.73 Å². The number of rotatable bonds is 5. The van der Waals surface area contributed by atoms with Crippen molar-refractivity contribution < 1.29 is 9.53 Å². The summed E-state index contributed by atoms with van der Waals surface area (Å²) >= 11 is 0. The second kappa shape index (κ2) is 7.21. The Labute approximate surface area is 119 Å². The standard InChI is InChI=1S/C14H22N4O2/c1-2-11(15)9-14(19)17-12-3-4-13(16-10-12)18-5-7-20-8-6-18/h3-4,10-11H,2,5-9,15H2,1H3,(H,17,19). The third kappa shape index (κ3) is 4.18. The van der Waals surface area contributed by atoms with Gasteiger partial charge in [-0.2, -0.15) is 0 Å². The molecule has 6 heteroatoms. The number of nitrogens with one attached hydrogen (secondary N) is 1. The van der Waals surface area contributed by atoms with Gasteiger partial charge in [0, 0.05) is 25.6 Å². The third-order valence-electron chi connectivity index (χ3n) is 3.34. The van der Waals surface area contributed by atoms with Crippen LogP contribution < -0.4 is 16.0 Å². The second-order valence-electron chi connectivity index (χ2n) is 4.93. The van der Waals surface area contributed by atoms with E-state index in [1.54, 1.807) is 6.20 Å². The Balaban J connectivity index is 1.89. The van der Waals surface area contributed by atoms with Crippen LogP contribution in [0.25, 0.3) is 0 Å². The number of hydrogen-bond donors (Lipinski definition) is 2. The number of pyridine rings is 1. The highest BCUT2D eigenvalue weighted by Crippen LogP contribution is 2.15. The number of ether oxygens (including phenoxy) is 1. The molecule has 20 heavy (non-hydrogen) atoms. The van der Waals surface area contributed by atoms with Gasteiger partial charge in [-0.15, -0.1) is 0 Å². The van der Waals surface area contributed by atoms with Crippen LogP contribution in [0.5, 0.6) is 0 Å². The molecular formula is C14H22N4O2. The Morgan fingerprint density at radius 3 is 2.85 bits per heavy atom. The highest BCUT2D eigenvalue weighted by Gasteiger charge is 2.12. The van der Waals surface area contributed by atoms with E-state index in [1.807, 2.05) is 19.1 Å². The van der Waals surface area contributed by atoms with Crippen molar-refractivity contribution in [2.45, 2.75) is 25.8 Å². The first-order valence-corrected chi connectivity index (χ1v) is 7.03. The van der Waals surface area contributed by atoms with Crippen LogP contribution in [0.2, 0.25) is 0 Å². The molecule has 0 aliphatic carbocycles. The largest absolute Gasteiger partial charge is 0.378 e. The van der Waals surface area contributed by atoms with Gasteiger partial charge >= 0.3 is 0 Å². The molecule has 1 amide bonds.